The van der Waals surface area contributed by atoms with Crippen molar-refractivity contribution in [3.05, 3.63) is 17.8 Å². The zero-order valence-corrected chi connectivity index (χ0v) is 9.62. The summed E-state index contributed by atoms with van der Waals surface area (Å²) >= 11 is 0. The molecule has 0 bridgehead atoms. The van der Waals surface area contributed by atoms with Crippen LogP contribution in [0.15, 0.2) is 12.1 Å². The van der Waals surface area contributed by atoms with Crippen molar-refractivity contribution in [3.63, 3.8) is 0 Å². The second-order valence-electron chi connectivity index (χ2n) is 4.38. The maximum Gasteiger partial charge on any atom is 0.435 e. The molecule has 0 saturated carbocycles. The monoisotopic (exact) mass is 263 g/mol. The molecule has 1 aliphatic rings. The first kappa shape index (κ1) is 13.0. The molecule has 0 N–H and O–H groups in total. The molecule has 2 heterocycles. The number of rotatable bonds is 2. The summed E-state index contributed by atoms with van der Waals surface area (Å²) in [5.74, 6) is 0.309. The first-order valence-corrected chi connectivity index (χ1v) is 5.72. The fourth-order valence-electron chi connectivity index (χ4n) is 2.04. The van der Waals surface area contributed by atoms with Gasteiger partial charge in [-0.15, -0.1) is 10.2 Å². The Morgan fingerprint density at radius 1 is 1.28 bits per heavy atom. The number of anilines is 1. The van der Waals surface area contributed by atoms with Gasteiger partial charge in [-0.3, -0.25) is 4.39 Å². The van der Waals surface area contributed by atoms with Gasteiger partial charge >= 0.3 is 6.18 Å². The van der Waals surface area contributed by atoms with E-state index >= 15 is 0 Å². The van der Waals surface area contributed by atoms with Crippen molar-refractivity contribution in [1.82, 2.24) is 10.2 Å². The summed E-state index contributed by atoms with van der Waals surface area (Å²) in [6.45, 7) is 0.748. The molecule has 1 aliphatic heterocycles. The summed E-state index contributed by atoms with van der Waals surface area (Å²) < 4.78 is 49.5. The number of hydrogen-bond acceptors (Lipinski definition) is 3. The predicted molar refractivity (Wildman–Crippen MR) is 57.9 cm³/mol. The van der Waals surface area contributed by atoms with Crippen molar-refractivity contribution in [2.45, 2.75) is 19.0 Å². The van der Waals surface area contributed by atoms with Crippen molar-refractivity contribution in [1.29, 1.82) is 0 Å². The normalized spacial score (nSPS) is 21.1. The van der Waals surface area contributed by atoms with E-state index in [1.165, 1.54) is 6.07 Å². The van der Waals surface area contributed by atoms with Crippen molar-refractivity contribution >= 4 is 5.82 Å². The summed E-state index contributed by atoms with van der Waals surface area (Å²) in [5, 5.41) is 6.74. The predicted octanol–water partition coefficient (Wildman–Crippen LogP) is 2.68. The van der Waals surface area contributed by atoms with Crippen LogP contribution in [0.2, 0.25) is 0 Å². The van der Waals surface area contributed by atoms with Crippen LogP contribution in [0.25, 0.3) is 0 Å². The van der Waals surface area contributed by atoms with Crippen LogP contribution in [-0.4, -0.2) is 30.0 Å². The Morgan fingerprint density at radius 2 is 2.06 bits per heavy atom. The maximum absolute atomic E-state index is 12.6. The van der Waals surface area contributed by atoms with Gasteiger partial charge in [-0.1, -0.05) is 0 Å². The molecule has 2 rings (SSSR count). The minimum absolute atomic E-state index is 0.0668. The van der Waals surface area contributed by atoms with Crippen molar-refractivity contribution in [2.75, 3.05) is 24.7 Å². The maximum atomic E-state index is 12.6. The molecular weight excluding hydrogens is 250 g/mol. The van der Waals surface area contributed by atoms with Crippen molar-refractivity contribution in [3.8, 4) is 0 Å². The molecule has 0 aliphatic carbocycles. The van der Waals surface area contributed by atoms with Crippen molar-refractivity contribution < 1.29 is 17.6 Å². The first-order valence-electron chi connectivity index (χ1n) is 5.72. The van der Waals surface area contributed by atoms with Gasteiger partial charge in [0.05, 0.1) is 6.67 Å². The summed E-state index contributed by atoms with van der Waals surface area (Å²) in [6.07, 6.45) is -2.85. The molecule has 1 aromatic rings. The highest BCUT2D eigenvalue weighted by molar-refractivity contribution is 5.38. The molecule has 3 nitrogen and oxygen atoms in total. The average Bonchev–Trinajstić information content (AvgIpc) is 2.38. The van der Waals surface area contributed by atoms with Gasteiger partial charge in [0.25, 0.3) is 0 Å². The van der Waals surface area contributed by atoms with Gasteiger partial charge < -0.3 is 4.90 Å². The van der Waals surface area contributed by atoms with Crippen LogP contribution in [0, 0.1) is 5.92 Å². The largest absolute Gasteiger partial charge is 0.435 e. The number of piperidine rings is 1. The topological polar surface area (TPSA) is 29.0 Å². The van der Waals surface area contributed by atoms with Gasteiger partial charge in [0.15, 0.2) is 11.5 Å². The molecular formula is C11H13F4N3. The van der Waals surface area contributed by atoms with E-state index < -0.39 is 18.5 Å². The van der Waals surface area contributed by atoms with Gasteiger partial charge in [0.1, 0.15) is 0 Å². The van der Waals surface area contributed by atoms with E-state index in [1.54, 1.807) is 4.90 Å². The Hall–Kier alpha value is -1.40. The van der Waals surface area contributed by atoms with E-state index in [0.29, 0.717) is 18.9 Å². The Balaban J connectivity index is 2.09. The number of alkyl halides is 4. The van der Waals surface area contributed by atoms with Gasteiger partial charge in [-0.05, 0) is 25.0 Å². The molecule has 1 saturated heterocycles. The van der Waals surface area contributed by atoms with Gasteiger partial charge in [-0.2, -0.15) is 13.2 Å². The Kier molecular flexibility index (Phi) is 3.68. The second-order valence-corrected chi connectivity index (χ2v) is 4.38. The summed E-state index contributed by atoms with van der Waals surface area (Å²) in [7, 11) is 0. The lowest BCUT2D eigenvalue weighted by molar-refractivity contribution is -0.141. The number of nitrogens with zero attached hydrogens (tertiary/aromatic N) is 3. The third-order valence-electron chi connectivity index (χ3n) is 3.00. The van der Waals surface area contributed by atoms with E-state index in [9.17, 15) is 17.6 Å². The summed E-state index contributed by atoms with van der Waals surface area (Å²) in [5.41, 5.74) is -1.01. The highest BCUT2D eigenvalue weighted by Crippen LogP contribution is 2.28. The zero-order chi connectivity index (χ0) is 13.2. The fourth-order valence-corrected chi connectivity index (χ4v) is 2.04. The number of halogens is 4. The van der Waals surface area contributed by atoms with Crippen LogP contribution < -0.4 is 4.90 Å². The van der Waals surface area contributed by atoms with Crippen LogP contribution in [-0.2, 0) is 6.18 Å². The highest BCUT2D eigenvalue weighted by atomic mass is 19.4. The standard InChI is InChI=1S/C11H13F4N3/c12-6-8-2-1-5-18(7-8)10-4-3-9(16-17-10)11(13,14)15/h3-4,8H,1-2,5-7H2. The summed E-state index contributed by atoms with van der Waals surface area (Å²) in [6, 6.07) is 2.19. The minimum atomic E-state index is -4.48. The lowest BCUT2D eigenvalue weighted by atomic mass is 10.00. The lowest BCUT2D eigenvalue weighted by Gasteiger charge is -2.31. The molecule has 18 heavy (non-hydrogen) atoms. The van der Waals surface area contributed by atoms with E-state index in [-0.39, 0.29) is 5.92 Å². The number of hydrogen-bond donors (Lipinski definition) is 0. The fraction of sp³-hybridized carbons (Fsp3) is 0.636. The van der Waals surface area contributed by atoms with Crippen LogP contribution in [0.4, 0.5) is 23.4 Å². The Morgan fingerprint density at radius 3 is 2.61 bits per heavy atom. The van der Waals surface area contributed by atoms with Crippen molar-refractivity contribution in [2.24, 2.45) is 5.92 Å². The SMILES string of the molecule is FCC1CCCN(c2ccc(C(F)(F)F)nn2)C1. The quantitative estimate of drug-likeness (QED) is 0.768. The van der Waals surface area contributed by atoms with Crippen LogP contribution in [0.1, 0.15) is 18.5 Å². The lowest BCUT2D eigenvalue weighted by Crippen LogP contribution is -2.36. The molecule has 0 radical (unpaired) electrons. The molecule has 100 valence electrons. The second kappa shape index (κ2) is 5.07. The molecule has 0 spiro atoms. The molecule has 0 aromatic carbocycles. The van der Waals surface area contributed by atoms with Crippen LogP contribution >= 0.6 is 0 Å². The Bertz CT molecular complexity index is 390. The molecule has 0 amide bonds. The molecule has 7 heteroatoms. The van der Waals surface area contributed by atoms with E-state index in [2.05, 4.69) is 10.2 Å². The molecule has 1 atom stereocenters. The van der Waals surface area contributed by atoms with Crippen LogP contribution in [0.5, 0.6) is 0 Å². The first-order chi connectivity index (χ1) is 8.50. The summed E-state index contributed by atoms with van der Waals surface area (Å²) in [4.78, 5) is 1.78. The van der Waals surface area contributed by atoms with Gasteiger partial charge in [-0.25, -0.2) is 0 Å². The van der Waals surface area contributed by atoms with E-state index in [4.69, 9.17) is 0 Å². The molecule has 1 fully saturated rings. The van der Waals surface area contributed by atoms with Crippen LogP contribution in [0.3, 0.4) is 0 Å². The third kappa shape index (κ3) is 2.88. The molecule has 1 unspecified atom stereocenters. The third-order valence-corrected chi connectivity index (χ3v) is 3.00. The van der Waals surface area contributed by atoms with E-state index in [1.807, 2.05) is 0 Å². The molecule has 1 aromatic heterocycles. The van der Waals surface area contributed by atoms with Gasteiger partial charge in [0, 0.05) is 19.0 Å². The highest BCUT2D eigenvalue weighted by Gasteiger charge is 2.33. The van der Waals surface area contributed by atoms with E-state index in [0.717, 1.165) is 18.9 Å². The zero-order valence-electron chi connectivity index (χ0n) is 9.62. The van der Waals surface area contributed by atoms with Gasteiger partial charge in [0.2, 0.25) is 0 Å². The smallest absolute Gasteiger partial charge is 0.355 e. The number of aromatic nitrogens is 2. The average molecular weight is 263 g/mol. The minimum Gasteiger partial charge on any atom is -0.355 e. The Labute approximate surface area is 102 Å².